The molecule has 1 saturated heterocycles. The molecule has 29 heavy (non-hydrogen) atoms. The Morgan fingerprint density at radius 2 is 1.83 bits per heavy atom. The molecule has 0 bridgehead atoms. The van der Waals surface area contributed by atoms with Crippen molar-refractivity contribution < 1.29 is 19.0 Å². The average molecular weight is 444 g/mol. The molecule has 1 aromatic heterocycles. The Morgan fingerprint density at radius 3 is 2.48 bits per heavy atom. The normalized spacial score (nSPS) is 14.7. The number of hydrogen-bond donors (Lipinski definition) is 2. The van der Waals surface area contributed by atoms with Crippen LogP contribution in [0.4, 0.5) is 0 Å². The number of hydrogen-bond acceptors (Lipinski definition) is 6. The predicted octanol–water partition coefficient (Wildman–Crippen LogP) is 3.24. The Bertz CT molecular complexity index is 769. The number of aromatic nitrogens is 1. The standard InChI is InChI=1S/C20H25N3O4.2ClH/c1-2-26-16-3-5-17(6-4-16)27-18-13-15(7-10-22-18)14-23-19(24)20(21)8-11-25-12-9-20;;/h3-7,10,13H,2,8-9,11-12,14,21H2,1H3,(H,23,24);2*1H. The molecule has 1 aromatic carbocycles. The molecule has 9 heteroatoms. The summed E-state index contributed by atoms with van der Waals surface area (Å²) in [5.74, 6) is 1.75. The second-order valence-electron chi connectivity index (χ2n) is 6.46. The van der Waals surface area contributed by atoms with Gasteiger partial charge in [0.05, 0.1) is 12.1 Å². The second-order valence-corrected chi connectivity index (χ2v) is 6.46. The van der Waals surface area contributed by atoms with Crippen LogP contribution in [-0.4, -0.2) is 36.3 Å². The van der Waals surface area contributed by atoms with Gasteiger partial charge < -0.3 is 25.3 Å². The fraction of sp³-hybridized carbons (Fsp3) is 0.400. The zero-order valence-corrected chi connectivity index (χ0v) is 17.9. The van der Waals surface area contributed by atoms with E-state index in [1.807, 2.05) is 37.3 Å². The lowest BCUT2D eigenvalue weighted by molar-refractivity contribution is -0.129. The molecule has 2 heterocycles. The van der Waals surface area contributed by atoms with Crippen molar-refractivity contribution in [1.29, 1.82) is 0 Å². The molecule has 1 fully saturated rings. The minimum Gasteiger partial charge on any atom is -0.494 e. The summed E-state index contributed by atoms with van der Waals surface area (Å²) in [6, 6.07) is 11.0. The lowest BCUT2D eigenvalue weighted by atomic mass is 9.90. The summed E-state index contributed by atoms with van der Waals surface area (Å²) in [5, 5.41) is 2.90. The van der Waals surface area contributed by atoms with E-state index >= 15 is 0 Å². The first-order valence-corrected chi connectivity index (χ1v) is 9.10. The number of carbonyl (C=O) groups is 1. The summed E-state index contributed by atoms with van der Waals surface area (Å²) < 4.78 is 16.5. The molecule has 1 aliphatic heterocycles. The molecule has 0 atom stereocenters. The third-order valence-electron chi connectivity index (χ3n) is 4.45. The molecule has 7 nitrogen and oxygen atoms in total. The highest BCUT2D eigenvalue weighted by Gasteiger charge is 2.35. The minimum atomic E-state index is -0.854. The summed E-state index contributed by atoms with van der Waals surface area (Å²) in [4.78, 5) is 16.6. The summed E-state index contributed by atoms with van der Waals surface area (Å²) in [6.07, 6.45) is 2.71. The smallest absolute Gasteiger partial charge is 0.240 e. The van der Waals surface area contributed by atoms with Gasteiger partial charge in [-0.2, -0.15) is 0 Å². The first kappa shape index (κ1) is 25.0. The van der Waals surface area contributed by atoms with Crippen LogP contribution in [0.5, 0.6) is 17.4 Å². The SMILES string of the molecule is CCOc1ccc(Oc2cc(CNC(=O)C3(N)CCOCC3)ccn2)cc1.Cl.Cl. The van der Waals surface area contributed by atoms with Gasteiger partial charge in [0.15, 0.2) is 0 Å². The monoisotopic (exact) mass is 443 g/mol. The number of halogens is 2. The summed E-state index contributed by atoms with van der Waals surface area (Å²) in [6.45, 7) is 3.94. The summed E-state index contributed by atoms with van der Waals surface area (Å²) in [5.41, 5.74) is 6.22. The van der Waals surface area contributed by atoms with Gasteiger partial charge in [-0.05, 0) is 55.7 Å². The number of nitrogens with one attached hydrogen (secondary N) is 1. The van der Waals surface area contributed by atoms with Gasteiger partial charge in [0.1, 0.15) is 11.5 Å². The Balaban J connectivity index is 0.00000210. The maximum absolute atomic E-state index is 12.4. The van der Waals surface area contributed by atoms with Crippen LogP contribution in [0.1, 0.15) is 25.3 Å². The highest BCUT2D eigenvalue weighted by atomic mass is 35.5. The van der Waals surface area contributed by atoms with Crippen LogP contribution in [0.3, 0.4) is 0 Å². The van der Waals surface area contributed by atoms with Gasteiger partial charge in [-0.15, -0.1) is 24.8 Å². The molecule has 0 unspecified atom stereocenters. The van der Waals surface area contributed by atoms with E-state index in [0.29, 0.717) is 50.8 Å². The fourth-order valence-corrected chi connectivity index (χ4v) is 2.83. The number of carbonyl (C=O) groups excluding carboxylic acids is 1. The van der Waals surface area contributed by atoms with Crippen molar-refractivity contribution in [1.82, 2.24) is 10.3 Å². The highest BCUT2D eigenvalue weighted by Crippen LogP contribution is 2.23. The molecule has 0 saturated carbocycles. The summed E-state index contributed by atoms with van der Waals surface area (Å²) >= 11 is 0. The minimum absolute atomic E-state index is 0. The molecule has 3 rings (SSSR count). The van der Waals surface area contributed by atoms with Crippen LogP contribution in [0, 0.1) is 0 Å². The van der Waals surface area contributed by atoms with E-state index in [9.17, 15) is 4.79 Å². The van der Waals surface area contributed by atoms with E-state index in [4.69, 9.17) is 19.9 Å². The Labute approximate surface area is 183 Å². The lowest BCUT2D eigenvalue weighted by Crippen LogP contribution is -2.56. The third kappa shape index (κ3) is 7.04. The number of pyridine rings is 1. The van der Waals surface area contributed by atoms with E-state index in [-0.39, 0.29) is 30.7 Å². The molecule has 3 N–H and O–H groups in total. The van der Waals surface area contributed by atoms with Crippen LogP contribution < -0.4 is 20.5 Å². The number of ether oxygens (including phenoxy) is 3. The van der Waals surface area contributed by atoms with E-state index in [2.05, 4.69) is 10.3 Å². The Hall–Kier alpha value is -2.06. The van der Waals surface area contributed by atoms with Crippen molar-refractivity contribution in [2.45, 2.75) is 31.8 Å². The zero-order chi connectivity index (χ0) is 19.1. The number of nitrogens with zero attached hydrogens (tertiary/aromatic N) is 1. The maximum atomic E-state index is 12.4. The highest BCUT2D eigenvalue weighted by molar-refractivity contribution is 5.86. The van der Waals surface area contributed by atoms with Gasteiger partial charge in [0.2, 0.25) is 11.8 Å². The van der Waals surface area contributed by atoms with Gasteiger partial charge in [0.25, 0.3) is 0 Å². The average Bonchev–Trinajstić information content (AvgIpc) is 2.69. The first-order chi connectivity index (χ1) is 13.1. The molecule has 1 amide bonds. The van der Waals surface area contributed by atoms with E-state index in [1.54, 1.807) is 12.3 Å². The second kappa shape index (κ2) is 11.8. The van der Waals surface area contributed by atoms with Crippen molar-refractivity contribution in [2.75, 3.05) is 19.8 Å². The molecular formula is C20H27Cl2N3O4. The quantitative estimate of drug-likeness (QED) is 0.681. The molecule has 0 aliphatic carbocycles. The van der Waals surface area contributed by atoms with Gasteiger partial charge in [-0.3, -0.25) is 4.79 Å². The van der Waals surface area contributed by atoms with Gasteiger partial charge >= 0.3 is 0 Å². The zero-order valence-electron chi connectivity index (χ0n) is 16.3. The number of benzene rings is 1. The van der Waals surface area contributed by atoms with Crippen LogP contribution in [-0.2, 0) is 16.1 Å². The van der Waals surface area contributed by atoms with Gasteiger partial charge in [-0.25, -0.2) is 4.98 Å². The Morgan fingerprint density at radius 1 is 1.17 bits per heavy atom. The van der Waals surface area contributed by atoms with Crippen molar-refractivity contribution in [3.05, 3.63) is 48.2 Å². The van der Waals surface area contributed by atoms with Crippen molar-refractivity contribution in [2.24, 2.45) is 5.73 Å². The van der Waals surface area contributed by atoms with Crippen LogP contribution in [0.15, 0.2) is 42.6 Å². The predicted molar refractivity (Wildman–Crippen MR) is 115 cm³/mol. The third-order valence-corrected chi connectivity index (χ3v) is 4.45. The molecule has 2 aromatic rings. The van der Waals surface area contributed by atoms with Crippen LogP contribution in [0.25, 0.3) is 0 Å². The first-order valence-electron chi connectivity index (χ1n) is 9.10. The van der Waals surface area contributed by atoms with Crippen LogP contribution in [0.2, 0.25) is 0 Å². The van der Waals surface area contributed by atoms with E-state index < -0.39 is 5.54 Å². The van der Waals surface area contributed by atoms with E-state index in [0.717, 1.165) is 11.3 Å². The molecule has 0 radical (unpaired) electrons. The molecular weight excluding hydrogens is 417 g/mol. The molecule has 1 aliphatic rings. The van der Waals surface area contributed by atoms with Crippen molar-refractivity contribution in [3.63, 3.8) is 0 Å². The van der Waals surface area contributed by atoms with Crippen molar-refractivity contribution in [3.8, 4) is 17.4 Å². The van der Waals surface area contributed by atoms with E-state index in [1.165, 1.54) is 0 Å². The Kier molecular flexibility index (Phi) is 10.2. The number of amides is 1. The molecule has 0 spiro atoms. The maximum Gasteiger partial charge on any atom is 0.240 e. The number of rotatable bonds is 7. The molecule has 160 valence electrons. The topological polar surface area (TPSA) is 95.7 Å². The lowest BCUT2D eigenvalue weighted by Gasteiger charge is -2.31. The largest absolute Gasteiger partial charge is 0.494 e. The van der Waals surface area contributed by atoms with Crippen molar-refractivity contribution >= 4 is 30.7 Å². The van der Waals surface area contributed by atoms with Crippen LogP contribution >= 0.6 is 24.8 Å². The van der Waals surface area contributed by atoms with Gasteiger partial charge in [-0.1, -0.05) is 0 Å². The fourth-order valence-electron chi connectivity index (χ4n) is 2.83. The van der Waals surface area contributed by atoms with Gasteiger partial charge in [0, 0.05) is 32.0 Å². The summed E-state index contributed by atoms with van der Waals surface area (Å²) in [7, 11) is 0. The number of nitrogens with two attached hydrogens (primary N) is 1.